The molecule has 42 valence electrons. The number of hydrogen-bond donors (Lipinski definition) is 1. The highest BCUT2D eigenvalue weighted by Crippen LogP contribution is 1.88. The summed E-state index contributed by atoms with van der Waals surface area (Å²) in [5.41, 5.74) is 6.48. The van der Waals surface area contributed by atoms with Crippen molar-refractivity contribution in [3.05, 3.63) is 24.5 Å². The van der Waals surface area contributed by atoms with Crippen LogP contribution in [0.2, 0.25) is 0 Å². The molecular weight excluding hydrogens is 102 g/mol. The molecule has 8 heavy (non-hydrogen) atoms. The Morgan fingerprint density at radius 1 is 1.38 bits per heavy atom. The molecule has 0 aliphatic heterocycles. The number of nitrogens with one attached hydrogen (secondary N) is 1. The second kappa shape index (κ2) is 2.26. The molecule has 1 aromatic rings. The normalized spacial score (nSPS) is 9.00. The molecule has 0 bridgehead atoms. The van der Waals surface area contributed by atoms with E-state index < -0.39 is 0 Å². The molecule has 1 heterocycles. The molecule has 0 aliphatic rings. The van der Waals surface area contributed by atoms with Gasteiger partial charge < -0.3 is 4.57 Å². The molecule has 1 rings (SSSR count). The van der Waals surface area contributed by atoms with Crippen LogP contribution < -0.4 is 0 Å². The number of aromatic nitrogens is 1. The van der Waals surface area contributed by atoms with Crippen molar-refractivity contribution in [3.63, 3.8) is 0 Å². The van der Waals surface area contributed by atoms with Crippen molar-refractivity contribution in [1.82, 2.24) is 4.57 Å². The van der Waals surface area contributed by atoms with Crippen molar-refractivity contribution in [2.75, 3.05) is 0 Å². The lowest BCUT2D eigenvalue weighted by molar-refractivity contribution is 0.685. The van der Waals surface area contributed by atoms with Gasteiger partial charge in [-0.05, 0) is 12.1 Å². The highest BCUT2D eigenvalue weighted by atomic mass is 15.1. The van der Waals surface area contributed by atoms with Crippen LogP contribution in [0.3, 0.4) is 0 Å². The van der Waals surface area contributed by atoms with E-state index in [0.29, 0.717) is 6.67 Å². The third-order valence-electron chi connectivity index (χ3n) is 0.900. The van der Waals surface area contributed by atoms with E-state index in [1.165, 1.54) is 0 Å². The van der Waals surface area contributed by atoms with Gasteiger partial charge in [0.1, 0.15) is 6.67 Å². The van der Waals surface area contributed by atoms with Gasteiger partial charge in [0.25, 0.3) is 0 Å². The summed E-state index contributed by atoms with van der Waals surface area (Å²) in [6.07, 6.45) is 3.75. The molecule has 0 unspecified atom stereocenters. The summed E-state index contributed by atoms with van der Waals surface area (Å²) in [7, 11) is 0. The van der Waals surface area contributed by atoms with Gasteiger partial charge in [0.05, 0.1) is 0 Å². The van der Waals surface area contributed by atoms with Crippen LogP contribution in [0.15, 0.2) is 29.6 Å². The third kappa shape index (κ3) is 0.932. The standard InChI is InChI=1S/C5H7N3/c6-7-5-8-3-1-2-4-8/h1-4,6H,5H2. The SMILES string of the molecule is N=NCn1cccc1. The Hall–Kier alpha value is -1.12. The van der Waals surface area contributed by atoms with Gasteiger partial charge in [0, 0.05) is 12.4 Å². The van der Waals surface area contributed by atoms with E-state index >= 15 is 0 Å². The lowest BCUT2D eigenvalue weighted by Gasteiger charge is -1.89. The molecule has 3 heteroatoms. The quantitative estimate of drug-likeness (QED) is 0.559. The van der Waals surface area contributed by atoms with Gasteiger partial charge in [-0.15, -0.1) is 0 Å². The van der Waals surface area contributed by atoms with Gasteiger partial charge in [-0.2, -0.15) is 5.11 Å². The topological polar surface area (TPSA) is 41.1 Å². The molecule has 0 amide bonds. The van der Waals surface area contributed by atoms with Crippen molar-refractivity contribution >= 4 is 0 Å². The van der Waals surface area contributed by atoms with E-state index in [-0.39, 0.29) is 0 Å². The van der Waals surface area contributed by atoms with Crippen LogP contribution in [0.4, 0.5) is 0 Å². The van der Waals surface area contributed by atoms with Crippen molar-refractivity contribution < 1.29 is 0 Å². The maximum Gasteiger partial charge on any atom is 0.134 e. The fourth-order valence-electron chi connectivity index (χ4n) is 0.546. The molecule has 0 atom stereocenters. The number of rotatable bonds is 2. The smallest absolute Gasteiger partial charge is 0.134 e. The number of hydrogen-bond acceptors (Lipinski definition) is 2. The minimum atomic E-state index is 0.438. The summed E-state index contributed by atoms with van der Waals surface area (Å²) < 4.78 is 1.83. The predicted molar refractivity (Wildman–Crippen MR) is 29.6 cm³/mol. The van der Waals surface area contributed by atoms with Crippen LogP contribution in [0.25, 0.3) is 0 Å². The van der Waals surface area contributed by atoms with E-state index in [1.807, 2.05) is 29.1 Å². The summed E-state index contributed by atoms with van der Waals surface area (Å²) in [5.74, 6) is 0. The molecule has 1 aromatic heterocycles. The molecule has 0 spiro atoms. The maximum absolute atomic E-state index is 6.48. The molecular formula is C5H7N3. The number of nitrogens with zero attached hydrogens (tertiary/aromatic N) is 2. The minimum absolute atomic E-state index is 0.438. The van der Waals surface area contributed by atoms with Gasteiger partial charge in [0.2, 0.25) is 0 Å². The largest absolute Gasteiger partial charge is 0.333 e. The Balaban J connectivity index is 2.62. The highest BCUT2D eigenvalue weighted by molar-refractivity contribution is 4.89. The first-order valence-electron chi connectivity index (χ1n) is 2.37. The average molecular weight is 109 g/mol. The van der Waals surface area contributed by atoms with Gasteiger partial charge >= 0.3 is 0 Å². The van der Waals surface area contributed by atoms with Gasteiger partial charge in [-0.3, -0.25) is 0 Å². The lowest BCUT2D eigenvalue weighted by atomic mass is 10.7. The van der Waals surface area contributed by atoms with E-state index in [9.17, 15) is 0 Å². The molecule has 0 fully saturated rings. The van der Waals surface area contributed by atoms with E-state index in [2.05, 4.69) is 5.11 Å². The maximum atomic E-state index is 6.48. The minimum Gasteiger partial charge on any atom is -0.333 e. The Morgan fingerprint density at radius 3 is 2.50 bits per heavy atom. The predicted octanol–water partition coefficient (Wildman–Crippen LogP) is 1.48. The first-order valence-corrected chi connectivity index (χ1v) is 2.37. The fraction of sp³-hybridized carbons (Fsp3) is 0.200. The highest BCUT2D eigenvalue weighted by Gasteiger charge is 1.79. The molecule has 0 saturated carbocycles. The Kier molecular flexibility index (Phi) is 1.42. The Bertz CT molecular complexity index is 154. The lowest BCUT2D eigenvalue weighted by Crippen LogP contribution is -1.86. The van der Waals surface area contributed by atoms with Crippen LogP contribution in [0.1, 0.15) is 0 Å². The van der Waals surface area contributed by atoms with E-state index in [1.54, 1.807) is 0 Å². The first kappa shape index (κ1) is 5.03. The Labute approximate surface area is 47.5 Å². The van der Waals surface area contributed by atoms with Crippen molar-refractivity contribution in [2.24, 2.45) is 5.11 Å². The van der Waals surface area contributed by atoms with E-state index in [4.69, 9.17) is 5.53 Å². The molecule has 0 aliphatic carbocycles. The van der Waals surface area contributed by atoms with Crippen LogP contribution in [0.5, 0.6) is 0 Å². The first-order chi connectivity index (χ1) is 3.93. The van der Waals surface area contributed by atoms with Crippen molar-refractivity contribution in [3.8, 4) is 0 Å². The zero-order chi connectivity index (χ0) is 5.82. The van der Waals surface area contributed by atoms with E-state index in [0.717, 1.165) is 0 Å². The third-order valence-corrected chi connectivity index (χ3v) is 0.900. The van der Waals surface area contributed by atoms with Crippen molar-refractivity contribution in [1.29, 1.82) is 5.53 Å². The summed E-state index contributed by atoms with van der Waals surface area (Å²) in [4.78, 5) is 0. The summed E-state index contributed by atoms with van der Waals surface area (Å²) >= 11 is 0. The average Bonchev–Trinajstić information content (AvgIpc) is 2.19. The zero-order valence-electron chi connectivity index (χ0n) is 4.41. The van der Waals surface area contributed by atoms with Gasteiger partial charge in [-0.25, -0.2) is 5.53 Å². The van der Waals surface area contributed by atoms with Crippen LogP contribution in [-0.2, 0) is 6.67 Å². The summed E-state index contributed by atoms with van der Waals surface area (Å²) in [6, 6.07) is 3.82. The fourth-order valence-corrected chi connectivity index (χ4v) is 0.546. The van der Waals surface area contributed by atoms with Crippen LogP contribution >= 0.6 is 0 Å². The summed E-state index contributed by atoms with van der Waals surface area (Å²) in [5, 5.41) is 3.19. The monoisotopic (exact) mass is 109 g/mol. The van der Waals surface area contributed by atoms with Crippen LogP contribution in [0, 0.1) is 5.53 Å². The molecule has 0 aromatic carbocycles. The second-order valence-corrected chi connectivity index (χ2v) is 1.50. The van der Waals surface area contributed by atoms with Crippen LogP contribution in [-0.4, -0.2) is 4.57 Å². The van der Waals surface area contributed by atoms with Crippen molar-refractivity contribution in [2.45, 2.75) is 6.67 Å². The zero-order valence-corrected chi connectivity index (χ0v) is 4.41. The second-order valence-electron chi connectivity index (χ2n) is 1.50. The summed E-state index contributed by atoms with van der Waals surface area (Å²) in [6.45, 7) is 0.438. The van der Waals surface area contributed by atoms with Gasteiger partial charge in [0.15, 0.2) is 0 Å². The Morgan fingerprint density at radius 2 is 2.00 bits per heavy atom. The molecule has 0 saturated heterocycles. The van der Waals surface area contributed by atoms with Gasteiger partial charge in [-0.1, -0.05) is 0 Å². The molecule has 3 nitrogen and oxygen atoms in total. The molecule has 1 N–H and O–H groups in total. The molecule has 0 radical (unpaired) electrons.